The third-order valence-corrected chi connectivity index (χ3v) is 5.52. The molecule has 0 atom stereocenters. The Morgan fingerprint density at radius 1 is 0.833 bits per heavy atom. The Hall–Kier alpha value is -2.36. The lowest BCUT2D eigenvalue weighted by atomic mass is 9.83. The third kappa shape index (κ3) is 2.05. The van der Waals surface area contributed by atoms with Gasteiger partial charge in [-0.25, -0.2) is 0 Å². The van der Waals surface area contributed by atoms with Crippen molar-refractivity contribution in [2.75, 3.05) is 14.1 Å². The molecule has 1 fully saturated rings. The Balaban J connectivity index is 1.90. The molecule has 124 valence electrons. The van der Waals surface area contributed by atoms with Crippen molar-refractivity contribution in [1.29, 1.82) is 0 Å². The summed E-state index contributed by atoms with van der Waals surface area (Å²) in [5.74, 6) is 0.338. The lowest BCUT2D eigenvalue weighted by Gasteiger charge is -2.24. The minimum atomic E-state index is -0.0149. The molecule has 1 saturated carbocycles. The van der Waals surface area contributed by atoms with E-state index in [2.05, 4.69) is 0 Å². The highest BCUT2D eigenvalue weighted by molar-refractivity contribution is 6.27. The van der Waals surface area contributed by atoms with Gasteiger partial charge in [-0.2, -0.15) is 0 Å². The van der Waals surface area contributed by atoms with Crippen LogP contribution in [0.25, 0.3) is 5.57 Å². The van der Waals surface area contributed by atoms with E-state index >= 15 is 0 Å². The van der Waals surface area contributed by atoms with Crippen molar-refractivity contribution >= 4 is 17.4 Å². The fourth-order valence-corrected chi connectivity index (χ4v) is 4.29. The van der Waals surface area contributed by atoms with E-state index in [0.717, 1.165) is 35.4 Å². The second kappa shape index (κ2) is 5.62. The molecule has 24 heavy (non-hydrogen) atoms. The Morgan fingerprint density at radius 3 is 2.12 bits per heavy atom. The molecule has 0 unspecified atom stereocenters. The van der Waals surface area contributed by atoms with Crippen molar-refractivity contribution < 1.29 is 9.59 Å². The molecule has 0 saturated heterocycles. The van der Waals surface area contributed by atoms with Gasteiger partial charge in [0.15, 0.2) is 0 Å². The lowest BCUT2D eigenvalue weighted by Crippen LogP contribution is -2.27. The molecule has 2 aliphatic heterocycles. The monoisotopic (exact) mass is 322 g/mol. The predicted octanol–water partition coefficient (Wildman–Crippen LogP) is 3.18. The summed E-state index contributed by atoms with van der Waals surface area (Å²) < 4.78 is 0. The Labute approximate surface area is 142 Å². The van der Waals surface area contributed by atoms with E-state index in [9.17, 15) is 9.59 Å². The molecule has 4 heteroatoms. The summed E-state index contributed by atoms with van der Waals surface area (Å²) in [6.07, 6.45) is 5.68. The van der Waals surface area contributed by atoms with Gasteiger partial charge < -0.3 is 9.80 Å². The van der Waals surface area contributed by atoms with Gasteiger partial charge in [-0.15, -0.1) is 0 Å². The van der Waals surface area contributed by atoms with Crippen LogP contribution >= 0.6 is 0 Å². The van der Waals surface area contributed by atoms with Crippen LogP contribution in [0.15, 0.2) is 47.3 Å². The first-order valence-electron chi connectivity index (χ1n) is 8.71. The van der Waals surface area contributed by atoms with E-state index in [1.54, 1.807) is 23.9 Å². The van der Waals surface area contributed by atoms with E-state index in [0.29, 0.717) is 5.57 Å². The molecule has 0 spiro atoms. The Morgan fingerprint density at radius 2 is 1.46 bits per heavy atom. The number of likely N-dealkylation sites (N-methyl/N-ethyl adjacent to an activating group) is 2. The molecule has 1 aromatic rings. The molecule has 1 aliphatic carbocycles. The lowest BCUT2D eigenvalue weighted by molar-refractivity contribution is -0.123. The second-order valence-electron chi connectivity index (χ2n) is 6.92. The van der Waals surface area contributed by atoms with Gasteiger partial charge in [-0.1, -0.05) is 49.6 Å². The highest BCUT2D eigenvalue weighted by Gasteiger charge is 2.47. The molecule has 0 bridgehead atoms. The summed E-state index contributed by atoms with van der Waals surface area (Å²) in [6, 6.07) is 9.67. The van der Waals surface area contributed by atoms with Gasteiger partial charge in [0.1, 0.15) is 0 Å². The molecule has 2 heterocycles. The average Bonchev–Trinajstić information content (AvgIpc) is 3.02. The normalized spacial score (nSPS) is 22.1. The number of carbonyl (C=O) groups excluding carboxylic acids is 2. The van der Waals surface area contributed by atoms with Crippen molar-refractivity contribution in [3.05, 3.63) is 52.9 Å². The molecule has 3 aliphatic rings. The number of hydrogen-bond acceptors (Lipinski definition) is 2. The summed E-state index contributed by atoms with van der Waals surface area (Å²) >= 11 is 0. The zero-order chi connectivity index (χ0) is 16.8. The maximum Gasteiger partial charge on any atom is 0.260 e. The van der Waals surface area contributed by atoms with E-state index in [1.807, 2.05) is 30.3 Å². The molecule has 2 amide bonds. The molecule has 4 rings (SSSR count). The van der Waals surface area contributed by atoms with Gasteiger partial charge in [0.05, 0.1) is 17.0 Å². The number of nitrogens with zero attached hydrogens (tertiary/aromatic N) is 2. The first-order valence-corrected chi connectivity index (χ1v) is 8.71. The number of carbonyl (C=O) groups is 2. The van der Waals surface area contributed by atoms with Crippen molar-refractivity contribution in [2.45, 2.75) is 32.1 Å². The summed E-state index contributed by atoms with van der Waals surface area (Å²) in [6.45, 7) is 0. The predicted molar refractivity (Wildman–Crippen MR) is 92.5 cm³/mol. The number of hydrogen-bond donors (Lipinski definition) is 0. The maximum absolute atomic E-state index is 12.9. The van der Waals surface area contributed by atoms with Crippen LogP contribution in [0, 0.1) is 5.92 Å². The summed E-state index contributed by atoms with van der Waals surface area (Å²) in [5.41, 5.74) is 4.02. The van der Waals surface area contributed by atoms with Gasteiger partial charge in [-0.05, 0) is 24.3 Å². The number of fused-ring (bicyclic) bond motifs is 1. The second-order valence-corrected chi connectivity index (χ2v) is 6.92. The molecule has 0 aromatic heterocycles. The minimum absolute atomic E-state index is 0.0149. The third-order valence-electron chi connectivity index (χ3n) is 5.52. The fourth-order valence-electron chi connectivity index (χ4n) is 4.29. The van der Waals surface area contributed by atoms with Crippen molar-refractivity contribution in [1.82, 2.24) is 9.80 Å². The van der Waals surface area contributed by atoms with Crippen LogP contribution in [-0.2, 0) is 9.59 Å². The van der Waals surface area contributed by atoms with Crippen LogP contribution in [0.5, 0.6) is 0 Å². The standard InChI is InChI=1S/C20H22N2O2/c1-21-17-15(13-9-5-3-6-10-13)20(24)22(2)18(17)16(19(21)23)14-11-7-4-8-12-14/h3,5-6,9-10,14H,4,7-8,11-12H2,1-2H3. The van der Waals surface area contributed by atoms with Crippen molar-refractivity contribution in [2.24, 2.45) is 5.92 Å². The van der Waals surface area contributed by atoms with E-state index in [1.165, 1.54) is 19.3 Å². The van der Waals surface area contributed by atoms with Crippen LogP contribution < -0.4 is 0 Å². The van der Waals surface area contributed by atoms with Crippen LogP contribution in [0.4, 0.5) is 0 Å². The van der Waals surface area contributed by atoms with Gasteiger partial charge in [-0.3, -0.25) is 9.59 Å². The van der Waals surface area contributed by atoms with Gasteiger partial charge in [0, 0.05) is 19.7 Å². The summed E-state index contributed by atoms with van der Waals surface area (Å²) in [7, 11) is 3.59. The fraction of sp³-hybridized carbons (Fsp3) is 0.400. The minimum Gasteiger partial charge on any atom is -0.309 e. The first-order chi connectivity index (χ1) is 11.6. The maximum atomic E-state index is 12.9. The highest BCUT2D eigenvalue weighted by Crippen LogP contribution is 2.46. The molecule has 1 aromatic carbocycles. The van der Waals surface area contributed by atoms with Gasteiger partial charge in [0.25, 0.3) is 11.8 Å². The number of rotatable bonds is 2. The average molecular weight is 322 g/mol. The topological polar surface area (TPSA) is 40.6 Å². The van der Waals surface area contributed by atoms with Crippen LogP contribution in [-0.4, -0.2) is 35.7 Å². The smallest absolute Gasteiger partial charge is 0.260 e. The number of benzene rings is 1. The largest absolute Gasteiger partial charge is 0.309 e. The molecular formula is C20H22N2O2. The van der Waals surface area contributed by atoms with Crippen LogP contribution in [0.3, 0.4) is 0 Å². The summed E-state index contributed by atoms with van der Waals surface area (Å²) in [5, 5.41) is 0. The molecule has 0 radical (unpaired) electrons. The molecular weight excluding hydrogens is 300 g/mol. The van der Waals surface area contributed by atoms with E-state index < -0.39 is 0 Å². The first kappa shape index (κ1) is 15.2. The highest BCUT2D eigenvalue weighted by atomic mass is 16.2. The molecule has 4 nitrogen and oxygen atoms in total. The SMILES string of the molecule is CN1C(=O)C(C2CCCCC2)=C2C1=C(c1ccccc1)C(=O)N2C. The quantitative estimate of drug-likeness (QED) is 0.839. The zero-order valence-corrected chi connectivity index (χ0v) is 14.2. The zero-order valence-electron chi connectivity index (χ0n) is 14.2. The van der Waals surface area contributed by atoms with Crippen molar-refractivity contribution in [3.8, 4) is 0 Å². The van der Waals surface area contributed by atoms with Gasteiger partial charge >= 0.3 is 0 Å². The van der Waals surface area contributed by atoms with Crippen LogP contribution in [0.1, 0.15) is 37.7 Å². The number of amides is 2. The Kier molecular flexibility index (Phi) is 3.56. The van der Waals surface area contributed by atoms with E-state index in [-0.39, 0.29) is 17.7 Å². The molecule has 0 N–H and O–H groups in total. The van der Waals surface area contributed by atoms with Crippen LogP contribution in [0.2, 0.25) is 0 Å². The van der Waals surface area contributed by atoms with E-state index in [4.69, 9.17) is 0 Å². The Bertz CT molecular complexity index is 770. The van der Waals surface area contributed by atoms with Gasteiger partial charge in [0.2, 0.25) is 0 Å². The van der Waals surface area contributed by atoms with Crippen molar-refractivity contribution in [3.63, 3.8) is 0 Å². The summed E-state index contributed by atoms with van der Waals surface area (Å²) in [4.78, 5) is 29.2.